The molecule has 2 nitrogen and oxygen atoms in total. The van der Waals surface area contributed by atoms with Crippen LogP contribution < -0.4 is 4.74 Å². The molecule has 0 bridgehead atoms. The first-order valence-electron chi connectivity index (χ1n) is 5.62. The minimum Gasteiger partial charge on any atom is -0.422 e. The summed E-state index contributed by atoms with van der Waals surface area (Å²) < 4.78 is 68.5. The molecule has 7 heteroatoms. The summed E-state index contributed by atoms with van der Waals surface area (Å²) >= 11 is 0. The number of carbonyl (C=O) groups excluding carboxylic acids is 1. The molecule has 0 radical (unpaired) electrons. The monoisotopic (exact) mass is 302 g/mol. The summed E-state index contributed by atoms with van der Waals surface area (Å²) in [5.74, 6) is -4.40. The van der Waals surface area contributed by atoms with Gasteiger partial charge in [-0.05, 0) is 30.3 Å². The lowest BCUT2D eigenvalue weighted by molar-refractivity contribution is -0.138. The molecule has 0 unspecified atom stereocenters. The molecule has 0 amide bonds. The van der Waals surface area contributed by atoms with Crippen molar-refractivity contribution in [1.29, 1.82) is 0 Å². The highest BCUT2D eigenvalue weighted by Crippen LogP contribution is 2.36. The zero-order valence-electron chi connectivity index (χ0n) is 10.2. The Balaban J connectivity index is 2.30. The standard InChI is InChI=1S/C14H7F5O2/c15-10-6-5-8(7-11(10)16)13(20)21-12-4-2-1-3-9(12)14(17,18)19/h1-7H. The Kier molecular flexibility index (Phi) is 3.93. The van der Waals surface area contributed by atoms with Gasteiger partial charge in [0, 0.05) is 0 Å². The molecule has 0 fully saturated rings. The van der Waals surface area contributed by atoms with Crippen molar-refractivity contribution in [3.8, 4) is 5.75 Å². The third kappa shape index (κ3) is 3.36. The molecule has 0 N–H and O–H groups in total. The summed E-state index contributed by atoms with van der Waals surface area (Å²) in [6.07, 6.45) is -4.70. The molecule has 0 saturated carbocycles. The van der Waals surface area contributed by atoms with E-state index in [1.54, 1.807) is 0 Å². The van der Waals surface area contributed by atoms with Gasteiger partial charge in [0.2, 0.25) is 0 Å². The van der Waals surface area contributed by atoms with Crippen LogP contribution in [0.15, 0.2) is 42.5 Å². The fourth-order valence-corrected chi connectivity index (χ4v) is 1.57. The van der Waals surface area contributed by atoms with Crippen LogP contribution in [0.25, 0.3) is 0 Å². The van der Waals surface area contributed by atoms with E-state index in [1.807, 2.05) is 0 Å². The molecule has 0 saturated heterocycles. The molecule has 2 rings (SSSR count). The van der Waals surface area contributed by atoms with Gasteiger partial charge in [-0.3, -0.25) is 0 Å². The summed E-state index contributed by atoms with van der Waals surface area (Å²) in [6, 6.07) is 6.24. The Morgan fingerprint density at radius 1 is 0.952 bits per heavy atom. The second kappa shape index (κ2) is 5.51. The highest BCUT2D eigenvalue weighted by atomic mass is 19.4. The van der Waals surface area contributed by atoms with Gasteiger partial charge >= 0.3 is 12.1 Å². The van der Waals surface area contributed by atoms with Crippen LogP contribution in [0.1, 0.15) is 15.9 Å². The van der Waals surface area contributed by atoms with Gasteiger partial charge in [-0.1, -0.05) is 12.1 Å². The number of ether oxygens (including phenoxy) is 1. The van der Waals surface area contributed by atoms with Crippen LogP contribution in [0, 0.1) is 11.6 Å². The largest absolute Gasteiger partial charge is 0.422 e. The van der Waals surface area contributed by atoms with Crippen molar-refractivity contribution in [2.24, 2.45) is 0 Å². The molecule has 0 heterocycles. The lowest BCUT2D eigenvalue weighted by Crippen LogP contribution is -2.14. The molecule has 0 spiro atoms. The van der Waals surface area contributed by atoms with Crippen LogP contribution >= 0.6 is 0 Å². The normalized spacial score (nSPS) is 11.3. The van der Waals surface area contributed by atoms with E-state index in [4.69, 9.17) is 0 Å². The van der Waals surface area contributed by atoms with E-state index in [0.717, 1.165) is 24.3 Å². The van der Waals surface area contributed by atoms with Crippen molar-refractivity contribution in [1.82, 2.24) is 0 Å². The van der Waals surface area contributed by atoms with Crippen molar-refractivity contribution in [3.63, 3.8) is 0 Å². The predicted molar refractivity (Wildman–Crippen MR) is 62.8 cm³/mol. The molecular formula is C14H7F5O2. The first-order chi connectivity index (χ1) is 9.79. The topological polar surface area (TPSA) is 26.3 Å². The summed E-state index contributed by atoms with van der Waals surface area (Å²) in [7, 11) is 0. The highest BCUT2D eigenvalue weighted by Gasteiger charge is 2.34. The molecular weight excluding hydrogens is 295 g/mol. The van der Waals surface area contributed by atoms with Crippen molar-refractivity contribution < 1.29 is 31.5 Å². The average molecular weight is 302 g/mol. The quantitative estimate of drug-likeness (QED) is 0.472. The van der Waals surface area contributed by atoms with Crippen LogP contribution in [0.4, 0.5) is 22.0 Å². The van der Waals surface area contributed by atoms with E-state index in [9.17, 15) is 26.7 Å². The average Bonchev–Trinajstić information content (AvgIpc) is 2.41. The van der Waals surface area contributed by atoms with E-state index in [1.165, 1.54) is 6.07 Å². The minimum atomic E-state index is -4.70. The molecule has 0 aromatic heterocycles. The minimum absolute atomic E-state index is 0.397. The number of benzene rings is 2. The Morgan fingerprint density at radius 2 is 1.62 bits per heavy atom. The fraction of sp³-hybridized carbons (Fsp3) is 0.0714. The number of hydrogen-bond acceptors (Lipinski definition) is 2. The maximum Gasteiger partial charge on any atom is 0.419 e. The van der Waals surface area contributed by atoms with Gasteiger partial charge in [0.25, 0.3) is 0 Å². The van der Waals surface area contributed by atoms with Gasteiger partial charge in [0.15, 0.2) is 11.6 Å². The summed E-state index contributed by atoms with van der Waals surface area (Å²) in [4.78, 5) is 11.7. The van der Waals surface area contributed by atoms with Crippen molar-refractivity contribution >= 4 is 5.97 Å². The molecule has 0 aliphatic carbocycles. The lowest BCUT2D eigenvalue weighted by Gasteiger charge is -2.12. The number of hydrogen-bond donors (Lipinski definition) is 0. The maximum atomic E-state index is 13.0. The number of carbonyl (C=O) groups is 1. The summed E-state index contributed by atoms with van der Waals surface area (Å²) in [6.45, 7) is 0. The van der Waals surface area contributed by atoms with Crippen molar-refractivity contribution in [2.75, 3.05) is 0 Å². The Hall–Kier alpha value is -2.44. The molecule has 0 aliphatic heterocycles. The van der Waals surface area contributed by atoms with Crippen LogP contribution in [0.5, 0.6) is 5.75 Å². The second-order valence-corrected chi connectivity index (χ2v) is 4.01. The van der Waals surface area contributed by atoms with E-state index in [-0.39, 0.29) is 0 Å². The zero-order chi connectivity index (χ0) is 15.6. The van der Waals surface area contributed by atoms with E-state index in [0.29, 0.717) is 12.1 Å². The van der Waals surface area contributed by atoms with E-state index >= 15 is 0 Å². The van der Waals surface area contributed by atoms with E-state index < -0.39 is 40.7 Å². The number of para-hydroxylation sites is 1. The van der Waals surface area contributed by atoms with Crippen LogP contribution in [-0.2, 0) is 6.18 Å². The molecule has 0 aliphatic rings. The van der Waals surface area contributed by atoms with Gasteiger partial charge in [-0.2, -0.15) is 13.2 Å². The second-order valence-electron chi connectivity index (χ2n) is 4.01. The third-order valence-electron chi connectivity index (χ3n) is 2.55. The predicted octanol–water partition coefficient (Wildman–Crippen LogP) is 4.20. The van der Waals surface area contributed by atoms with Gasteiger partial charge in [-0.25, -0.2) is 13.6 Å². The first-order valence-corrected chi connectivity index (χ1v) is 5.62. The number of rotatable bonds is 2. The molecule has 2 aromatic rings. The molecule has 21 heavy (non-hydrogen) atoms. The smallest absolute Gasteiger partial charge is 0.419 e. The number of esters is 1. The zero-order valence-corrected chi connectivity index (χ0v) is 10.2. The molecule has 2 aromatic carbocycles. The maximum absolute atomic E-state index is 13.0. The SMILES string of the molecule is O=C(Oc1ccccc1C(F)(F)F)c1ccc(F)c(F)c1. The van der Waals surface area contributed by atoms with Gasteiger partial charge in [0.05, 0.1) is 11.1 Å². The molecule has 0 atom stereocenters. The summed E-state index contributed by atoms with van der Waals surface area (Å²) in [5.41, 5.74) is -1.54. The molecule has 110 valence electrons. The number of halogens is 5. The summed E-state index contributed by atoms with van der Waals surface area (Å²) in [5, 5.41) is 0. The van der Waals surface area contributed by atoms with Gasteiger partial charge in [0.1, 0.15) is 5.75 Å². The highest BCUT2D eigenvalue weighted by molar-refractivity contribution is 5.91. The van der Waals surface area contributed by atoms with Gasteiger partial charge in [-0.15, -0.1) is 0 Å². The Morgan fingerprint density at radius 3 is 2.24 bits per heavy atom. The van der Waals surface area contributed by atoms with Crippen molar-refractivity contribution in [2.45, 2.75) is 6.18 Å². The number of alkyl halides is 3. The first kappa shape index (κ1) is 15.0. The fourth-order valence-electron chi connectivity index (χ4n) is 1.57. The van der Waals surface area contributed by atoms with Crippen LogP contribution in [0.2, 0.25) is 0 Å². The van der Waals surface area contributed by atoms with Crippen LogP contribution in [-0.4, -0.2) is 5.97 Å². The Bertz CT molecular complexity index is 679. The lowest BCUT2D eigenvalue weighted by atomic mass is 10.2. The van der Waals surface area contributed by atoms with Crippen molar-refractivity contribution in [3.05, 3.63) is 65.2 Å². The van der Waals surface area contributed by atoms with Gasteiger partial charge < -0.3 is 4.74 Å². The third-order valence-corrected chi connectivity index (χ3v) is 2.55. The Labute approximate surface area is 115 Å². The van der Waals surface area contributed by atoms with Crippen LogP contribution in [0.3, 0.4) is 0 Å². The van der Waals surface area contributed by atoms with E-state index in [2.05, 4.69) is 4.74 Å².